The van der Waals surface area contributed by atoms with Crippen LogP contribution >= 0.6 is 11.3 Å². The second kappa shape index (κ2) is 11.2. The summed E-state index contributed by atoms with van der Waals surface area (Å²) >= 11 is 1.25. The van der Waals surface area contributed by atoms with E-state index in [0.717, 1.165) is 0 Å². The fourth-order valence-electron chi connectivity index (χ4n) is 3.93. The lowest BCUT2D eigenvalue weighted by Crippen LogP contribution is -2.40. The van der Waals surface area contributed by atoms with Gasteiger partial charge >= 0.3 is 5.97 Å². The zero-order valence-electron chi connectivity index (χ0n) is 20.4. The van der Waals surface area contributed by atoms with Crippen LogP contribution in [0.2, 0.25) is 0 Å². The average Bonchev–Trinajstić information content (AvgIpc) is 3.17. The maximum absolute atomic E-state index is 13.7. The van der Waals surface area contributed by atoms with Crippen molar-refractivity contribution in [3.05, 3.63) is 97.5 Å². The summed E-state index contributed by atoms with van der Waals surface area (Å²) in [5.41, 5.74) is 1.86. The highest BCUT2D eigenvalue weighted by molar-refractivity contribution is 7.07. The third kappa shape index (κ3) is 5.01. The Morgan fingerprint density at radius 3 is 2.69 bits per heavy atom. The molecule has 1 aliphatic heterocycles. The van der Waals surface area contributed by atoms with Crippen LogP contribution in [-0.2, 0) is 9.53 Å². The molecule has 0 radical (unpaired) electrons. The fourth-order valence-corrected chi connectivity index (χ4v) is 4.96. The van der Waals surface area contributed by atoms with Gasteiger partial charge in [0.25, 0.3) is 5.56 Å². The first-order valence-corrected chi connectivity index (χ1v) is 12.4. The molecule has 1 aliphatic rings. The number of carbonyl (C=O) groups is 1. The maximum Gasteiger partial charge on any atom is 0.338 e. The van der Waals surface area contributed by atoms with E-state index in [1.54, 1.807) is 44.3 Å². The molecular formula is C27H27N3O5S. The highest BCUT2D eigenvalue weighted by Crippen LogP contribution is 2.36. The summed E-state index contributed by atoms with van der Waals surface area (Å²) in [5, 5.41) is 0. The van der Waals surface area contributed by atoms with E-state index in [4.69, 9.17) is 14.2 Å². The van der Waals surface area contributed by atoms with Crippen molar-refractivity contribution >= 4 is 23.4 Å². The highest BCUT2D eigenvalue weighted by Gasteiger charge is 2.34. The first kappa shape index (κ1) is 25.1. The zero-order chi connectivity index (χ0) is 25.7. The number of benzene rings is 1. The molecule has 0 saturated heterocycles. The molecule has 36 heavy (non-hydrogen) atoms. The number of fused-ring (bicyclic) bond motifs is 1. The number of thiazole rings is 1. The Bertz CT molecular complexity index is 1490. The summed E-state index contributed by atoms with van der Waals surface area (Å²) in [5.74, 6) is 0.527. The van der Waals surface area contributed by atoms with Crippen LogP contribution in [-0.4, -0.2) is 35.3 Å². The Kier molecular flexibility index (Phi) is 7.80. The Morgan fingerprint density at radius 1 is 1.17 bits per heavy atom. The van der Waals surface area contributed by atoms with Gasteiger partial charge in [-0.05, 0) is 56.7 Å². The van der Waals surface area contributed by atoms with Crippen LogP contribution in [0.25, 0.3) is 6.08 Å². The number of hydrogen-bond donors (Lipinski definition) is 0. The molecule has 8 nitrogen and oxygen atoms in total. The number of ether oxygens (including phenoxy) is 3. The number of hydrogen-bond acceptors (Lipinski definition) is 8. The molecule has 0 saturated carbocycles. The van der Waals surface area contributed by atoms with Gasteiger partial charge in [0, 0.05) is 6.20 Å². The topological polar surface area (TPSA) is 92.0 Å². The van der Waals surface area contributed by atoms with E-state index in [9.17, 15) is 9.59 Å². The van der Waals surface area contributed by atoms with Crippen molar-refractivity contribution in [3.8, 4) is 11.5 Å². The minimum Gasteiger partial charge on any atom is -0.490 e. The van der Waals surface area contributed by atoms with Gasteiger partial charge in [-0.2, -0.15) is 0 Å². The number of carbonyl (C=O) groups excluding carboxylic acids is 1. The summed E-state index contributed by atoms with van der Waals surface area (Å²) < 4.78 is 18.9. The smallest absolute Gasteiger partial charge is 0.338 e. The molecule has 186 valence electrons. The summed E-state index contributed by atoms with van der Waals surface area (Å²) in [6, 6.07) is 10.1. The average molecular weight is 506 g/mol. The number of rotatable bonds is 9. The van der Waals surface area contributed by atoms with Crippen LogP contribution in [0, 0.1) is 0 Å². The molecule has 9 heteroatoms. The number of nitrogens with zero attached hydrogens (tertiary/aromatic N) is 3. The van der Waals surface area contributed by atoms with E-state index in [0.29, 0.717) is 56.6 Å². The van der Waals surface area contributed by atoms with Crippen LogP contribution in [0.1, 0.15) is 38.1 Å². The number of allylic oxidation sites excluding steroid dienone is 1. The minimum absolute atomic E-state index is 0.199. The van der Waals surface area contributed by atoms with E-state index in [-0.39, 0.29) is 12.2 Å². The van der Waals surface area contributed by atoms with Gasteiger partial charge < -0.3 is 14.2 Å². The monoisotopic (exact) mass is 505 g/mol. The highest BCUT2D eigenvalue weighted by atomic mass is 32.1. The molecule has 0 bridgehead atoms. The molecule has 3 aromatic rings. The largest absolute Gasteiger partial charge is 0.490 e. The van der Waals surface area contributed by atoms with Crippen molar-refractivity contribution in [3.63, 3.8) is 0 Å². The van der Waals surface area contributed by atoms with Crippen LogP contribution < -0.4 is 24.4 Å². The molecule has 2 aromatic heterocycles. The van der Waals surface area contributed by atoms with Crippen LogP contribution in [0.15, 0.2) is 76.3 Å². The first-order valence-electron chi connectivity index (χ1n) is 11.6. The SMILES string of the molecule is C=CCOc1ccc([C@@H]2C(C(=O)OCC)=C(C)N=c3sc(=Cc4ccccn4)c(=O)n32)cc1OCC. The van der Waals surface area contributed by atoms with Gasteiger partial charge in [-0.3, -0.25) is 14.3 Å². The molecule has 0 spiro atoms. The molecule has 0 unspecified atom stereocenters. The van der Waals surface area contributed by atoms with E-state index >= 15 is 0 Å². The summed E-state index contributed by atoms with van der Waals surface area (Å²) in [7, 11) is 0. The van der Waals surface area contributed by atoms with E-state index in [2.05, 4.69) is 16.6 Å². The van der Waals surface area contributed by atoms with E-state index in [1.165, 1.54) is 15.9 Å². The lowest BCUT2D eigenvalue weighted by molar-refractivity contribution is -0.139. The van der Waals surface area contributed by atoms with Gasteiger partial charge in [-0.25, -0.2) is 9.79 Å². The fraction of sp³-hybridized carbons (Fsp3) is 0.259. The zero-order valence-corrected chi connectivity index (χ0v) is 21.2. The molecule has 4 rings (SSSR count). The lowest BCUT2D eigenvalue weighted by atomic mass is 9.95. The number of aromatic nitrogens is 2. The third-order valence-corrected chi connectivity index (χ3v) is 6.41. The second-order valence-electron chi connectivity index (χ2n) is 7.80. The Labute approximate surface area is 212 Å². The van der Waals surface area contributed by atoms with Crippen LogP contribution in [0.3, 0.4) is 0 Å². The van der Waals surface area contributed by atoms with Gasteiger partial charge in [0.1, 0.15) is 6.61 Å². The van der Waals surface area contributed by atoms with Gasteiger partial charge in [0.05, 0.1) is 40.8 Å². The second-order valence-corrected chi connectivity index (χ2v) is 8.80. The number of pyridine rings is 1. The van der Waals surface area contributed by atoms with Crippen molar-refractivity contribution in [1.82, 2.24) is 9.55 Å². The van der Waals surface area contributed by atoms with Crippen molar-refractivity contribution in [1.29, 1.82) is 0 Å². The Morgan fingerprint density at radius 2 is 2.00 bits per heavy atom. The molecule has 1 aromatic carbocycles. The summed E-state index contributed by atoms with van der Waals surface area (Å²) in [4.78, 5) is 36.1. The standard InChI is InChI=1S/C27H27N3O5S/c1-5-14-35-20-12-11-18(15-21(20)33-6-2)24-23(26(32)34-7-3)17(4)29-27-30(24)25(31)22(36-27)16-19-10-8-9-13-28-19/h5,8-13,15-16,24H,1,6-7,14H2,2-4H3/t24-/m1/s1. The van der Waals surface area contributed by atoms with E-state index < -0.39 is 12.0 Å². The molecule has 0 N–H and O–H groups in total. The minimum atomic E-state index is -0.751. The predicted octanol–water partition coefficient (Wildman–Crippen LogP) is 3.16. The Balaban J connectivity index is 1.94. The van der Waals surface area contributed by atoms with Crippen molar-refractivity contribution in [2.75, 3.05) is 19.8 Å². The third-order valence-electron chi connectivity index (χ3n) is 5.42. The molecule has 1 atom stereocenters. The van der Waals surface area contributed by atoms with Gasteiger partial charge in [0.15, 0.2) is 16.3 Å². The first-order chi connectivity index (χ1) is 17.5. The summed E-state index contributed by atoms with van der Waals surface area (Å²) in [6.07, 6.45) is 5.04. The molecular weight excluding hydrogens is 478 g/mol. The van der Waals surface area contributed by atoms with Crippen molar-refractivity contribution in [2.24, 2.45) is 4.99 Å². The molecule has 3 heterocycles. The van der Waals surface area contributed by atoms with E-state index in [1.807, 2.05) is 31.2 Å². The van der Waals surface area contributed by atoms with Gasteiger partial charge in [-0.15, -0.1) is 0 Å². The normalized spacial score (nSPS) is 15.2. The Hall–Kier alpha value is -3.98. The van der Waals surface area contributed by atoms with Crippen LogP contribution in [0.4, 0.5) is 0 Å². The molecule has 0 amide bonds. The van der Waals surface area contributed by atoms with Gasteiger partial charge in [-0.1, -0.05) is 36.1 Å². The van der Waals surface area contributed by atoms with Crippen LogP contribution in [0.5, 0.6) is 11.5 Å². The molecule has 0 aliphatic carbocycles. The lowest BCUT2D eigenvalue weighted by Gasteiger charge is -2.25. The van der Waals surface area contributed by atoms with Gasteiger partial charge in [0.2, 0.25) is 0 Å². The predicted molar refractivity (Wildman–Crippen MR) is 138 cm³/mol. The number of esters is 1. The molecule has 0 fully saturated rings. The quantitative estimate of drug-likeness (QED) is 0.328. The van der Waals surface area contributed by atoms with Crippen molar-refractivity contribution < 1.29 is 19.0 Å². The summed E-state index contributed by atoms with van der Waals surface area (Å²) in [6.45, 7) is 9.98. The maximum atomic E-state index is 13.7. The van der Waals surface area contributed by atoms with Crippen molar-refractivity contribution in [2.45, 2.75) is 26.8 Å².